The third kappa shape index (κ3) is 2.66. The average molecular weight is 409 g/mol. The first kappa shape index (κ1) is 16.9. The molecule has 8 heteroatoms. The molecule has 0 radical (unpaired) electrons. The van der Waals surface area contributed by atoms with Gasteiger partial charge in [0.25, 0.3) is 0 Å². The summed E-state index contributed by atoms with van der Waals surface area (Å²) in [4.78, 5) is 16.8. The Balaban J connectivity index is 1.52. The predicted molar refractivity (Wildman–Crippen MR) is 120 cm³/mol. The summed E-state index contributed by atoms with van der Waals surface area (Å²) in [6, 6.07) is 10.1. The molecule has 6 aromatic rings. The van der Waals surface area contributed by atoms with Gasteiger partial charge in [-0.1, -0.05) is 6.07 Å². The standard InChI is InChI=1S/C22H15N7S/c23-15-5-14(7-24-8-15)12-1-2-18-16(6-12)21(29-28-18)22-26-19-10-25-9-17(20(19)27-22)13-3-4-30-11-13/h1-11H,23H2,(H,26,27)(H,28,29). The number of fused-ring (bicyclic) bond motifs is 2. The van der Waals surface area contributed by atoms with Gasteiger partial charge in [-0.2, -0.15) is 16.4 Å². The lowest BCUT2D eigenvalue weighted by molar-refractivity contribution is 1.11. The molecule has 5 aromatic heterocycles. The summed E-state index contributed by atoms with van der Waals surface area (Å²) in [7, 11) is 0. The van der Waals surface area contributed by atoms with Crippen molar-refractivity contribution in [1.29, 1.82) is 0 Å². The van der Waals surface area contributed by atoms with E-state index in [1.54, 1.807) is 29.9 Å². The van der Waals surface area contributed by atoms with E-state index in [9.17, 15) is 0 Å². The van der Waals surface area contributed by atoms with Crippen LogP contribution in [0.25, 0.3) is 55.7 Å². The minimum Gasteiger partial charge on any atom is -0.397 e. The predicted octanol–water partition coefficient (Wildman–Crippen LogP) is 4.87. The molecule has 144 valence electrons. The zero-order valence-electron chi connectivity index (χ0n) is 15.6. The van der Waals surface area contributed by atoms with Crippen molar-refractivity contribution in [1.82, 2.24) is 30.1 Å². The fourth-order valence-electron chi connectivity index (χ4n) is 3.66. The average Bonchev–Trinajstić information content (AvgIpc) is 3.51. The van der Waals surface area contributed by atoms with E-state index in [0.29, 0.717) is 11.5 Å². The number of nitrogen functional groups attached to an aromatic ring is 1. The molecule has 1 aromatic carbocycles. The molecule has 7 nitrogen and oxygen atoms in total. The SMILES string of the molecule is Nc1cncc(-c2ccc3[nH]nc(-c4nc5c(-c6ccsc6)cncc5[nH]4)c3c2)c1. The molecular formula is C22H15N7S. The lowest BCUT2D eigenvalue weighted by atomic mass is 10.0. The molecule has 0 aliphatic heterocycles. The van der Waals surface area contributed by atoms with E-state index < -0.39 is 0 Å². The van der Waals surface area contributed by atoms with Gasteiger partial charge in [-0.3, -0.25) is 15.1 Å². The summed E-state index contributed by atoms with van der Waals surface area (Å²) in [6.45, 7) is 0. The molecule has 0 amide bonds. The van der Waals surface area contributed by atoms with Gasteiger partial charge in [-0.15, -0.1) is 0 Å². The van der Waals surface area contributed by atoms with Crippen LogP contribution < -0.4 is 5.73 Å². The molecule has 0 aliphatic carbocycles. The Morgan fingerprint density at radius 2 is 1.80 bits per heavy atom. The number of nitrogens with two attached hydrogens (primary N) is 1. The van der Waals surface area contributed by atoms with Crippen LogP contribution in [0, 0.1) is 0 Å². The highest BCUT2D eigenvalue weighted by Gasteiger charge is 2.16. The lowest BCUT2D eigenvalue weighted by Gasteiger charge is -2.03. The molecule has 0 fully saturated rings. The van der Waals surface area contributed by atoms with Crippen LogP contribution in [-0.4, -0.2) is 30.1 Å². The summed E-state index contributed by atoms with van der Waals surface area (Å²) >= 11 is 1.65. The van der Waals surface area contributed by atoms with Gasteiger partial charge in [-0.25, -0.2) is 4.98 Å². The van der Waals surface area contributed by atoms with E-state index in [0.717, 1.165) is 49.9 Å². The highest BCUT2D eigenvalue weighted by atomic mass is 32.1. The maximum atomic E-state index is 5.91. The highest BCUT2D eigenvalue weighted by Crippen LogP contribution is 2.33. The third-order valence-electron chi connectivity index (χ3n) is 5.11. The Hall–Kier alpha value is -4.04. The minimum atomic E-state index is 0.630. The normalized spacial score (nSPS) is 11.5. The van der Waals surface area contributed by atoms with Crippen LogP contribution in [0.4, 0.5) is 5.69 Å². The van der Waals surface area contributed by atoms with Gasteiger partial charge in [0.15, 0.2) is 5.82 Å². The molecule has 0 bridgehead atoms. The maximum absolute atomic E-state index is 5.91. The Bertz CT molecular complexity index is 1510. The number of imidazole rings is 1. The first-order valence-corrected chi connectivity index (χ1v) is 10.3. The molecule has 0 unspecified atom stereocenters. The number of nitrogens with zero attached hydrogens (tertiary/aromatic N) is 4. The second-order valence-corrected chi connectivity index (χ2v) is 7.80. The number of hydrogen-bond acceptors (Lipinski definition) is 6. The molecule has 0 aliphatic rings. The summed E-state index contributed by atoms with van der Waals surface area (Å²) in [5.74, 6) is 0.698. The minimum absolute atomic E-state index is 0.630. The van der Waals surface area contributed by atoms with E-state index in [1.165, 1.54) is 0 Å². The maximum Gasteiger partial charge on any atom is 0.159 e. The van der Waals surface area contributed by atoms with E-state index in [1.807, 2.05) is 24.4 Å². The summed E-state index contributed by atoms with van der Waals surface area (Å²) in [5.41, 5.74) is 14.1. The monoisotopic (exact) mass is 409 g/mol. The summed E-state index contributed by atoms with van der Waals surface area (Å²) in [6.07, 6.45) is 7.08. The number of aromatic amines is 2. The van der Waals surface area contributed by atoms with Crippen LogP contribution in [0.2, 0.25) is 0 Å². The third-order valence-corrected chi connectivity index (χ3v) is 5.79. The van der Waals surface area contributed by atoms with Crippen molar-refractivity contribution >= 4 is 39.0 Å². The Morgan fingerprint density at radius 3 is 2.67 bits per heavy atom. The largest absolute Gasteiger partial charge is 0.397 e. The number of anilines is 1. The quantitative estimate of drug-likeness (QED) is 0.386. The van der Waals surface area contributed by atoms with Crippen molar-refractivity contribution in [2.24, 2.45) is 0 Å². The molecule has 0 atom stereocenters. The molecule has 4 N–H and O–H groups in total. The number of rotatable bonds is 3. The molecule has 0 saturated carbocycles. The highest BCUT2D eigenvalue weighted by molar-refractivity contribution is 7.08. The second kappa shape index (κ2) is 6.50. The fraction of sp³-hybridized carbons (Fsp3) is 0. The number of hydrogen-bond donors (Lipinski definition) is 3. The molecular weight excluding hydrogens is 394 g/mol. The molecule has 5 heterocycles. The van der Waals surface area contributed by atoms with Crippen molar-refractivity contribution in [2.75, 3.05) is 5.73 Å². The molecule has 0 spiro atoms. The van der Waals surface area contributed by atoms with Gasteiger partial charge < -0.3 is 10.7 Å². The number of benzene rings is 1. The van der Waals surface area contributed by atoms with Crippen molar-refractivity contribution in [3.63, 3.8) is 0 Å². The lowest BCUT2D eigenvalue weighted by Crippen LogP contribution is -1.88. The van der Waals surface area contributed by atoms with E-state index in [4.69, 9.17) is 10.7 Å². The van der Waals surface area contributed by atoms with E-state index in [2.05, 4.69) is 48.0 Å². The number of nitrogens with one attached hydrogen (secondary N) is 2. The Labute approximate surface area is 174 Å². The van der Waals surface area contributed by atoms with Gasteiger partial charge in [-0.05, 0) is 46.2 Å². The van der Waals surface area contributed by atoms with Crippen LogP contribution in [0.1, 0.15) is 0 Å². The van der Waals surface area contributed by atoms with Crippen LogP contribution in [-0.2, 0) is 0 Å². The van der Waals surface area contributed by atoms with Gasteiger partial charge in [0.2, 0.25) is 0 Å². The zero-order valence-corrected chi connectivity index (χ0v) is 16.4. The van der Waals surface area contributed by atoms with Gasteiger partial charge in [0.1, 0.15) is 11.2 Å². The number of thiophene rings is 1. The number of H-pyrrole nitrogens is 2. The smallest absolute Gasteiger partial charge is 0.159 e. The topological polar surface area (TPSA) is 109 Å². The van der Waals surface area contributed by atoms with Gasteiger partial charge in [0.05, 0.1) is 22.9 Å². The second-order valence-electron chi connectivity index (χ2n) is 7.02. The summed E-state index contributed by atoms with van der Waals surface area (Å²) in [5, 5.41) is 12.7. The van der Waals surface area contributed by atoms with Crippen molar-refractivity contribution in [3.05, 3.63) is 65.9 Å². The zero-order chi connectivity index (χ0) is 20.1. The van der Waals surface area contributed by atoms with Crippen LogP contribution in [0.15, 0.2) is 65.9 Å². The van der Waals surface area contributed by atoms with Gasteiger partial charge >= 0.3 is 0 Å². The van der Waals surface area contributed by atoms with Crippen molar-refractivity contribution in [3.8, 4) is 33.8 Å². The van der Waals surface area contributed by atoms with Crippen LogP contribution >= 0.6 is 11.3 Å². The van der Waals surface area contributed by atoms with Gasteiger partial charge in [0, 0.05) is 35.1 Å². The van der Waals surface area contributed by atoms with E-state index >= 15 is 0 Å². The summed E-state index contributed by atoms with van der Waals surface area (Å²) < 4.78 is 0. The fourth-order valence-corrected chi connectivity index (χ4v) is 4.32. The van der Waals surface area contributed by atoms with Crippen LogP contribution in [0.5, 0.6) is 0 Å². The number of pyridine rings is 2. The van der Waals surface area contributed by atoms with Crippen LogP contribution in [0.3, 0.4) is 0 Å². The van der Waals surface area contributed by atoms with E-state index in [-0.39, 0.29) is 0 Å². The molecule has 30 heavy (non-hydrogen) atoms. The Kier molecular flexibility index (Phi) is 3.65. The molecule has 0 saturated heterocycles. The number of aromatic nitrogens is 6. The molecule has 6 rings (SSSR count). The first-order chi connectivity index (χ1) is 14.8. The first-order valence-electron chi connectivity index (χ1n) is 9.32. The van der Waals surface area contributed by atoms with Crippen molar-refractivity contribution in [2.45, 2.75) is 0 Å². The Morgan fingerprint density at radius 1 is 0.867 bits per heavy atom. The van der Waals surface area contributed by atoms with Crippen molar-refractivity contribution < 1.29 is 0 Å².